The van der Waals surface area contributed by atoms with E-state index in [4.69, 9.17) is 4.74 Å². The lowest BCUT2D eigenvalue weighted by Gasteiger charge is -2.15. The highest BCUT2D eigenvalue weighted by Gasteiger charge is 2.16. The summed E-state index contributed by atoms with van der Waals surface area (Å²) in [6.07, 6.45) is 1.23. The standard InChI is InChI=1S/C23H21NO3/c25-16-20(15-18-9-3-1-4-10-18)24-23(26)22-14-8-7-11-19(22)17-27-21-12-5-2-6-13-21/h1-14,16,20H,15,17H2,(H,24,26)/t20-/m0/s1. The predicted molar refractivity (Wildman–Crippen MR) is 105 cm³/mol. The molecule has 0 bridgehead atoms. The summed E-state index contributed by atoms with van der Waals surface area (Å²) in [4.78, 5) is 24.1. The van der Waals surface area contributed by atoms with Gasteiger partial charge in [-0.2, -0.15) is 0 Å². The van der Waals surface area contributed by atoms with Crippen LogP contribution in [0.4, 0.5) is 0 Å². The molecule has 1 N–H and O–H groups in total. The Morgan fingerprint density at radius 2 is 1.52 bits per heavy atom. The van der Waals surface area contributed by atoms with Crippen molar-refractivity contribution < 1.29 is 14.3 Å². The summed E-state index contributed by atoms with van der Waals surface area (Å²) in [5, 5.41) is 2.81. The van der Waals surface area contributed by atoms with E-state index in [9.17, 15) is 9.59 Å². The Labute approximate surface area is 158 Å². The number of nitrogens with one attached hydrogen (secondary N) is 1. The lowest BCUT2D eigenvalue weighted by Crippen LogP contribution is -2.38. The average molecular weight is 359 g/mol. The Morgan fingerprint density at radius 3 is 2.22 bits per heavy atom. The number of rotatable bonds is 8. The van der Waals surface area contributed by atoms with Crippen molar-refractivity contribution in [2.45, 2.75) is 19.1 Å². The van der Waals surface area contributed by atoms with Gasteiger partial charge in [0.15, 0.2) is 0 Å². The number of para-hydroxylation sites is 1. The second-order valence-corrected chi connectivity index (χ2v) is 6.16. The summed E-state index contributed by atoms with van der Waals surface area (Å²) in [7, 11) is 0. The number of hydrogen-bond acceptors (Lipinski definition) is 3. The van der Waals surface area contributed by atoms with Crippen LogP contribution in [0.15, 0.2) is 84.9 Å². The molecule has 0 radical (unpaired) electrons. The molecule has 0 saturated heterocycles. The molecule has 27 heavy (non-hydrogen) atoms. The fraction of sp³-hybridized carbons (Fsp3) is 0.130. The van der Waals surface area contributed by atoms with E-state index in [2.05, 4.69) is 5.32 Å². The van der Waals surface area contributed by atoms with Crippen molar-refractivity contribution >= 4 is 12.2 Å². The Kier molecular flexibility index (Phi) is 6.36. The van der Waals surface area contributed by atoms with Crippen LogP contribution >= 0.6 is 0 Å². The minimum atomic E-state index is -0.581. The molecule has 0 unspecified atom stereocenters. The molecule has 136 valence electrons. The SMILES string of the molecule is O=C[C@H](Cc1ccccc1)NC(=O)c1ccccc1COc1ccccc1. The van der Waals surface area contributed by atoms with E-state index in [-0.39, 0.29) is 12.5 Å². The first-order valence-corrected chi connectivity index (χ1v) is 8.82. The summed E-state index contributed by atoms with van der Waals surface area (Å²) in [5.74, 6) is 0.456. The van der Waals surface area contributed by atoms with Crippen LogP contribution in [-0.2, 0) is 17.8 Å². The Balaban J connectivity index is 1.67. The highest BCUT2D eigenvalue weighted by molar-refractivity contribution is 5.97. The minimum absolute atomic E-state index is 0.276. The van der Waals surface area contributed by atoms with Crippen LogP contribution in [0.2, 0.25) is 0 Å². The smallest absolute Gasteiger partial charge is 0.252 e. The van der Waals surface area contributed by atoms with Crippen molar-refractivity contribution in [2.75, 3.05) is 0 Å². The van der Waals surface area contributed by atoms with Crippen LogP contribution in [-0.4, -0.2) is 18.2 Å². The first kappa shape index (κ1) is 18.4. The van der Waals surface area contributed by atoms with Crippen molar-refractivity contribution in [3.63, 3.8) is 0 Å². The van der Waals surface area contributed by atoms with Gasteiger partial charge in [-0.25, -0.2) is 0 Å². The topological polar surface area (TPSA) is 55.4 Å². The number of benzene rings is 3. The number of carbonyl (C=O) groups excluding carboxylic acids is 2. The molecule has 0 aliphatic rings. The average Bonchev–Trinajstić information content (AvgIpc) is 2.73. The van der Waals surface area contributed by atoms with E-state index in [0.717, 1.165) is 23.2 Å². The molecule has 0 heterocycles. The van der Waals surface area contributed by atoms with E-state index < -0.39 is 6.04 Å². The van der Waals surface area contributed by atoms with Crippen LogP contribution in [0.25, 0.3) is 0 Å². The molecule has 0 fully saturated rings. The van der Waals surface area contributed by atoms with Crippen LogP contribution < -0.4 is 10.1 Å². The maximum atomic E-state index is 12.7. The number of amides is 1. The number of aldehydes is 1. The van der Waals surface area contributed by atoms with Crippen LogP contribution in [0, 0.1) is 0 Å². The largest absolute Gasteiger partial charge is 0.489 e. The van der Waals surface area contributed by atoms with E-state index in [1.54, 1.807) is 12.1 Å². The summed E-state index contributed by atoms with van der Waals surface area (Å²) >= 11 is 0. The zero-order chi connectivity index (χ0) is 18.9. The van der Waals surface area contributed by atoms with Crippen LogP contribution in [0.5, 0.6) is 5.75 Å². The van der Waals surface area contributed by atoms with E-state index >= 15 is 0 Å². The molecule has 4 heteroatoms. The van der Waals surface area contributed by atoms with Crippen LogP contribution in [0.1, 0.15) is 21.5 Å². The first-order valence-electron chi connectivity index (χ1n) is 8.82. The Hall–Kier alpha value is -3.40. The molecule has 0 spiro atoms. The monoisotopic (exact) mass is 359 g/mol. The second kappa shape index (κ2) is 9.34. The summed E-state index contributed by atoms with van der Waals surface area (Å²) in [5.41, 5.74) is 2.27. The number of ether oxygens (including phenoxy) is 1. The maximum absolute atomic E-state index is 12.7. The number of hydrogen-bond donors (Lipinski definition) is 1. The first-order chi connectivity index (χ1) is 13.3. The lowest BCUT2D eigenvalue weighted by molar-refractivity contribution is -0.109. The third kappa shape index (κ3) is 5.28. The summed E-state index contributed by atoms with van der Waals surface area (Å²) in [6.45, 7) is 0.276. The third-order valence-electron chi connectivity index (χ3n) is 4.18. The molecule has 3 aromatic carbocycles. The van der Waals surface area contributed by atoms with Gasteiger partial charge in [-0.15, -0.1) is 0 Å². The molecule has 0 saturated carbocycles. The highest BCUT2D eigenvalue weighted by Crippen LogP contribution is 2.15. The van der Waals surface area contributed by atoms with Crippen molar-refractivity contribution in [3.05, 3.63) is 102 Å². The molecular formula is C23H21NO3. The predicted octanol–water partition coefficient (Wildman–Crippen LogP) is 3.81. The normalized spacial score (nSPS) is 11.4. The summed E-state index contributed by atoms with van der Waals surface area (Å²) < 4.78 is 5.76. The fourth-order valence-corrected chi connectivity index (χ4v) is 2.79. The molecular weight excluding hydrogens is 338 g/mol. The molecule has 0 aliphatic carbocycles. The van der Waals surface area contributed by atoms with Crippen molar-refractivity contribution in [1.29, 1.82) is 0 Å². The molecule has 1 amide bonds. The lowest BCUT2D eigenvalue weighted by atomic mass is 10.0. The Bertz CT molecular complexity index is 878. The van der Waals surface area contributed by atoms with Gasteiger partial charge >= 0.3 is 0 Å². The van der Waals surface area contributed by atoms with Gasteiger partial charge in [0.05, 0.1) is 6.04 Å². The Morgan fingerprint density at radius 1 is 0.889 bits per heavy atom. The van der Waals surface area contributed by atoms with E-state index in [1.165, 1.54) is 0 Å². The zero-order valence-corrected chi connectivity index (χ0v) is 14.9. The van der Waals surface area contributed by atoms with Crippen molar-refractivity contribution in [2.24, 2.45) is 0 Å². The molecule has 1 atom stereocenters. The van der Waals surface area contributed by atoms with Gasteiger partial charge in [-0.3, -0.25) is 4.79 Å². The van der Waals surface area contributed by atoms with Crippen molar-refractivity contribution in [1.82, 2.24) is 5.32 Å². The van der Waals surface area contributed by atoms with Gasteiger partial charge in [0.25, 0.3) is 5.91 Å². The molecule has 4 nitrogen and oxygen atoms in total. The number of carbonyl (C=O) groups is 2. The van der Waals surface area contributed by atoms with Gasteiger partial charge in [0, 0.05) is 11.1 Å². The van der Waals surface area contributed by atoms with Gasteiger partial charge in [-0.1, -0.05) is 66.7 Å². The molecule has 0 aliphatic heterocycles. The zero-order valence-electron chi connectivity index (χ0n) is 14.9. The highest BCUT2D eigenvalue weighted by atomic mass is 16.5. The second-order valence-electron chi connectivity index (χ2n) is 6.16. The fourth-order valence-electron chi connectivity index (χ4n) is 2.79. The van der Waals surface area contributed by atoms with E-state index in [0.29, 0.717) is 12.0 Å². The third-order valence-corrected chi connectivity index (χ3v) is 4.18. The molecule has 3 aromatic rings. The quantitative estimate of drug-likeness (QED) is 0.622. The van der Waals surface area contributed by atoms with E-state index in [1.807, 2.05) is 72.8 Å². The summed E-state index contributed by atoms with van der Waals surface area (Å²) in [6, 6.07) is 25.7. The maximum Gasteiger partial charge on any atom is 0.252 e. The van der Waals surface area contributed by atoms with Gasteiger partial charge in [-0.05, 0) is 30.2 Å². The van der Waals surface area contributed by atoms with Gasteiger partial charge in [0.1, 0.15) is 18.6 Å². The van der Waals surface area contributed by atoms with Gasteiger partial charge < -0.3 is 14.8 Å². The molecule has 0 aromatic heterocycles. The minimum Gasteiger partial charge on any atom is -0.489 e. The van der Waals surface area contributed by atoms with Gasteiger partial charge in [0.2, 0.25) is 0 Å². The van der Waals surface area contributed by atoms with Crippen LogP contribution in [0.3, 0.4) is 0 Å². The molecule has 3 rings (SSSR count). The van der Waals surface area contributed by atoms with Crippen molar-refractivity contribution in [3.8, 4) is 5.75 Å².